The van der Waals surface area contributed by atoms with Gasteiger partial charge in [0.15, 0.2) is 0 Å². The van der Waals surface area contributed by atoms with E-state index < -0.39 is 6.43 Å². The van der Waals surface area contributed by atoms with E-state index in [9.17, 15) is 8.78 Å². The molecule has 0 unspecified atom stereocenters. The molecule has 0 aliphatic rings. The smallest absolute Gasteiger partial charge is 0.245 e. The maximum atomic E-state index is 12.1. The lowest BCUT2D eigenvalue weighted by Crippen LogP contribution is -1.97. The first-order valence-electron chi connectivity index (χ1n) is 3.32. The molecule has 0 N–H and O–H groups in total. The van der Waals surface area contributed by atoms with Crippen LogP contribution < -0.4 is 0 Å². The summed E-state index contributed by atoms with van der Waals surface area (Å²) in [7, 11) is 0. The van der Waals surface area contributed by atoms with Crippen LogP contribution in [0, 0.1) is 0 Å². The second-order valence-corrected chi connectivity index (χ2v) is 2.09. The monoisotopic (exact) mass is 158 g/mol. The molecule has 0 aromatic carbocycles. The van der Waals surface area contributed by atoms with Gasteiger partial charge in [0.05, 0.1) is 0 Å². The Hall–Kier alpha value is -1.06. The van der Waals surface area contributed by atoms with Gasteiger partial charge >= 0.3 is 0 Å². The highest BCUT2D eigenvalue weighted by Gasteiger charge is 2.12. The van der Waals surface area contributed by atoms with Crippen LogP contribution in [0.15, 0.2) is 12.5 Å². The molecule has 0 saturated heterocycles. The Balaban J connectivity index is 3.02. The normalized spacial score (nSPS) is 10.5. The molecule has 0 radical (unpaired) electrons. The lowest BCUT2D eigenvalue weighted by atomic mass is 10.2. The van der Waals surface area contributed by atoms with E-state index in [1.807, 2.05) is 0 Å². The number of halogens is 2. The third-order valence-corrected chi connectivity index (χ3v) is 1.41. The van der Waals surface area contributed by atoms with E-state index >= 15 is 0 Å². The Bertz CT molecular complexity index is 238. The number of aryl methyl sites for hydroxylation is 1. The van der Waals surface area contributed by atoms with Crippen molar-refractivity contribution in [3.8, 4) is 0 Å². The molecule has 0 aliphatic carbocycles. The van der Waals surface area contributed by atoms with Gasteiger partial charge in [-0.1, -0.05) is 6.92 Å². The summed E-state index contributed by atoms with van der Waals surface area (Å²) < 4.78 is 24.2. The first kappa shape index (κ1) is 8.04. The van der Waals surface area contributed by atoms with Crippen LogP contribution >= 0.6 is 0 Å². The molecule has 1 aromatic rings. The molecule has 1 heterocycles. The number of hydrogen-bond donors (Lipinski definition) is 0. The van der Waals surface area contributed by atoms with Gasteiger partial charge in [-0.05, 0) is 12.0 Å². The molecule has 0 bridgehead atoms. The van der Waals surface area contributed by atoms with E-state index in [1.54, 1.807) is 6.92 Å². The molecule has 1 rings (SSSR count). The fourth-order valence-corrected chi connectivity index (χ4v) is 0.837. The number of rotatable bonds is 2. The van der Waals surface area contributed by atoms with Crippen molar-refractivity contribution in [1.29, 1.82) is 0 Å². The van der Waals surface area contributed by atoms with E-state index in [1.165, 1.54) is 6.20 Å². The SMILES string of the molecule is CCc1cncnc1C(F)F. The lowest BCUT2D eigenvalue weighted by Gasteiger charge is -2.02. The fraction of sp³-hybridized carbons (Fsp3) is 0.429. The van der Waals surface area contributed by atoms with Gasteiger partial charge in [0, 0.05) is 6.20 Å². The van der Waals surface area contributed by atoms with E-state index in [4.69, 9.17) is 0 Å². The molecule has 4 heteroatoms. The average molecular weight is 158 g/mol. The Labute approximate surface area is 63.3 Å². The number of nitrogens with zero attached hydrogens (tertiary/aromatic N) is 2. The van der Waals surface area contributed by atoms with Crippen LogP contribution in [0.5, 0.6) is 0 Å². The van der Waals surface area contributed by atoms with Crippen molar-refractivity contribution < 1.29 is 8.78 Å². The molecular formula is C7H8F2N2. The number of alkyl halides is 2. The zero-order valence-electron chi connectivity index (χ0n) is 6.09. The van der Waals surface area contributed by atoms with Crippen LogP contribution in [0.25, 0.3) is 0 Å². The summed E-state index contributed by atoms with van der Waals surface area (Å²) in [6.07, 6.45) is 0.614. The van der Waals surface area contributed by atoms with Crippen molar-refractivity contribution in [2.45, 2.75) is 19.8 Å². The molecule has 2 nitrogen and oxygen atoms in total. The van der Waals surface area contributed by atoms with Gasteiger partial charge in [0.1, 0.15) is 12.0 Å². The van der Waals surface area contributed by atoms with Gasteiger partial charge in [0.2, 0.25) is 0 Å². The summed E-state index contributed by atoms with van der Waals surface area (Å²) in [5.41, 5.74) is 0.366. The van der Waals surface area contributed by atoms with E-state index in [0.29, 0.717) is 12.0 Å². The highest BCUT2D eigenvalue weighted by atomic mass is 19.3. The van der Waals surface area contributed by atoms with Crippen molar-refractivity contribution in [3.05, 3.63) is 23.8 Å². The van der Waals surface area contributed by atoms with Crippen LogP contribution in [-0.4, -0.2) is 9.97 Å². The minimum Gasteiger partial charge on any atom is -0.245 e. The summed E-state index contributed by atoms with van der Waals surface area (Å²) in [5, 5.41) is 0. The average Bonchev–Trinajstić information content (AvgIpc) is 2.04. The first-order valence-corrected chi connectivity index (χ1v) is 3.32. The Morgan fingerprint density at radius 2 is 2.27 bits per heavy atom. The third kappa shape index (κ3) is 1.69. The lowest BCUT2D eigenvalue weighted by molar-refractivity contribution is 0.144. The summed E-state index contributed by atoms with van der Waals surface area (Å²) in [5.74, 6) is 0. The van der Waals surface area contributed by atoms with Crippen LogP contribution in [0.1, 0.15) is 24.6 Å². The Kier molecular flexibility index (Phi) is 2.46. The van der Waals surface area contributed by atoms with Crippen molar-refractivity contribution in [2.75, 3.05) is 0 Å². The minimum absolute atomic E-state index is 0.150. The second-order valence-electron chi connectivity index (χ2n) is 2.09. The van der Waals surface area contributed by atoms with E-state index in [2.05, 4.69) is 9.97 Å². The third-order valence-electron chi connectivity index (χ3n) is 1.41. The standard InChI is InChI=1S/C7H8F2N2/c1-2-5-3-10-4-11-6(5)7(8)9/h3-4,7H,2H2,1H3. The molecule has 0 spiro atoms. The summed E-state index contributed by atoms with van der Waals surface area (Å²) in [6, 6.07) is 0. The topological polar surface area (TPSA) is 25.8 Å². The van der Waals surface area contributed by atoms with Crippen LogP contribution in [0.4, 0.5) is 8.78 Å². The number of hydrogen-bond acceptors (Lipinski definition) is 2. The summed E-state index contributed by atoms with van der Waals surface area (Å²) >= 11 is 0. The molecule has 0 aliphatic heterocycles. The fourth-order valence-electron chi connectivity index (χ4n) is 0.837. The molecule has 0 saturated carbocycles. The predicted octanol–water partition coefficient (Wildman–Crippen LogP) is 1.98. The molecule has 11 heavy (non-hydrogen) atoms. The summed E-state index contributed by atoms with van der Waals surface area (Å²) in [4.78, 5) is 7.14. The molecule has 0 amide bonds. The van der Waals surface area contributed by atoms with Crippen LogP contribution in [-0.2, 0) is 6.42 Å². The molecule has 0 fully saturated rings. The summed E-state index contributed by atoms with van der Waals surface area (Å²) in [6.45, 7) is 1.80. The maximum Gasteiger partial charge on any atom is 0.280 e. The highest BCUT2D eigenvalue weighted by Crippen LogP contribution is 2.19. The van der Waals surface area contributed by atoms with Crippen molar-refractivity contribution in [3.63, 3.8) is 0 Å². The number of aromatic nitrogens is 2. The van der Waals surface area contributed by atoms with Gasteiger partial charge in [-0.2, -0.15) is 0 Å². The predicted molar refractivity (Wildman–Crippen MR) is 36.4 cm³/mol. The van der Waals surface area contributed by atoms with Crippen molar-refractivity contribution in [2.24, 2.45) is 0 Å². The Morgan fingerprint density at radius 1 is 1.55 bits per heavy atom. The molecule has 60 valence electrons. The van der Waals surface area contributed by atoms with Crippen LogP contribution in [0.2, 0.25) is 0 Å². The van der Waals surface area contributed by atoms with Gasteiger partial charge in [-0.15, -0.1) is 0 Å². The molecule has 1 aromatic heterocycles. The first-order chi connectivity index (χ1) is 5.25. The zero-order chi connectivity index (χ0) is 8.27. The van der Waals surface area contributed by atoms with Crippen molar-refractivity contribution >= 4 is 0 Å². The van der Waals surface area contributed by atoms with Gasteiger partial charge in [-0.25, -0.2) is 18.7 Å². The van der Waals surface area contributed by atoms with Gasteiger partial charge < -0.3 is 0 Å². The minimum atomic E-state index is -2.49. The van der Waals surface area contributed by atoms with Crippen molar-refractivity contribution in [1.82, 2.24) is 9.97 Å². The van der Waals surface area contributed by atoms with E-state index in [-0.39, 0.29) is 5.69 Å². The maximum absolute atomic E-state index is 12.1. The molecule has 0 atom stereocenters. The largest absolute Gasteiger partial charge is 0.280 e. The van der Waals surface area contributed by atoms with Gasteiger partial charge in [-0.3, -0.25) is 0 Å². The quantitative estimate of drug-likeness (QED) is 0.657. The zero-order valence-corrected chi connectivity index (χ0v) is 6.09. The van der Waals surface area contributed by atoms with E-state index in [0.717, 1.165) is 6.33 Å². The van der Waals surface area contributed by atoms with Crippen LogP contribution in [0.3, 0.4) is 0 Å². The molecular weight excluding hydrogens is 150 g/mol. The van der Waals surface area contributed by atoms with Gasteiger partial charge in [0.25, 0.3) is 6.43 Å². The highest BCUT2D eigenvalue weighted by molar-refractivity contribution is 5.16. The second kappa shape index (κ2) is 3.37. The Morgan fingerprint density at radius 3 is 2.73 bits per heavy atom.